The average Bonchev–Trinajstić information content (AvgIpc) is 2.69. The zero-order chi connectivity index (χ0) is 14.9. The molecule has 0 aromatic heterocycles. The van der Waals surface area contributed by atoms with E-state index in [0.717, 1.165) is 0 Å². The van der Waals surface area contributed by atoms with Crippen LogP contribution in [0.3, 0.4) is 0 Å². The van der Waals surface area contributed by atoms with Gasteiger partial charge in [-0.05, 0) is 31.5 Å². The van der Waals surface area contributed by atoms with Gasteiger partial charge in [-0.2, -0.15) is 0 Å². The third-order valence-corrected chi connectivity index (χ3v) is 5.23. The van der Waals surface area contributed by atoms with E-state index in [4.69, 9.17) is 11.5 Å². The summed E-state index contributed by atoms with van der Waals surface area (Å²) in [5, 5.41) is 0. The summed E-state index contributed by atoms with van der Waals surface area (Å²) >= 11 is 0. The van der Waals surface area contributed by atoms with E-state index in [9.17, 15) is 13.2 Å². The fourth-order valence-electron chi connectivity index (χ4n) is 2.55. The van der Waals surface area contributed by atoms with Crippen molar-refractivity contribution in [1.82, 2.24) is 4.90 Å². The van der Waals surface area contributed by atoms with Crippen molar-refractivity contribution in [1.29, 1.82) is 0 Å². The summed E-state index contributed by atoms with van der Waals surface area (Å²) in [6.45, 7) is 2.28. The van der Waals surface area contributed by atoms with Gasteiger partial charge < -0.3 is 16.4 Å². The lowest BCUT2D eigenvalue weighted by atomic mass is 10.1. The van der Waals surface area contributed by atoms with E-state index in [2.05, 4.69) is 0 Å². The molecule has 6 nitrogen and oxygen atoms in total. The zero-order valence-electron chi connectivity index (χ0n) is 11.4. The van der Waals surface area contributed by atoms with E-state index >= 15 is 0 Å². The lowest BCUT2D eigenvalue weighted by molar-refractivity contribution is 0.0708. The molecule has 20 heavy (non-hydrogen) atoms. The molecule has 7 heteroatoms. The maximum absolute atomic E-state index is 12.5. The molecular formula is C13H19N3O3S. The standard InChI is InChI=1S/C13H19N3O3S/c1-2-16(12-3-4-20(18,19)8-12)13(17)9-5-10(14)7-11(15)6-9/h5-7,12H,2-4,8,14-15H2,1H3. The summed E-state index contributed by atoms with van der Waals surface area (Å²) < 4.78 is 23.1. The number of benzene rings is 1. The largest absolute Gasteiger partial charge is 0.399 e. The van der Waals surface area contributed by atoms with Gasteiger partial charge in [0.05, 0.1) is 11.5 Å². The molecule has 1 unspecified atom stereocenters. The fraction of sp³-hybridized carbons (Fsp3) is 0.462. The Bertz CT molecular complexity index is 607. The van der Waals surface area contributed by atoms with Gasteiger partial charge in [0.1, 0.15) is 0 Å². The van der Waals surface area contributed by atoms with Crippen LogP contribution in [-0.2, 0) is 9.84 Å². The smallest absolute Gasteiger partial charge is 0.254 e. The first-order chi connectivity index (χ1) is 9.32. The van der Waals surface area contributed by atoms with E-state index in [1.54, 1.807) is 23.1 Å². The topological polar surface area (TPSA) is 106 Å². The van der Waals surface area contributed by atoms with Gasteiger partial charge in [0, 0.05) is 29.5 Å². The second-order valence-corrected chi connectivity index (χ2v) is 7.27. The minimum Gasteiger partial charge on any atom is -0.399 e. The number of hydrogen-bond donors (Lipinski definition) is 2. The number of nitrogens with two attached hydrogens (primary N) is 2. The number of nitrogen functional groups attached to an aromatic ring is 2. The molecule has 0 saturated carbocycles. The van der Waals surface area contributed by atoms with Crippen LogP contribution < -0.4 is 11.5 Å². The maximum atomic E-state index is 12.5. The predicted octanol–water partition coefficient (Wildman–Crippen LogP) is 0.500. The molecule has 1 aromatic rings. The van der Waals surface area contributed by atoms with E-state index in [1.807, 2.05) is 6.92 Å². The summed E-state index contributed by atoms with van der Waals surface area (Å²) in [7, 11) is -3.03. The third-order valence-electron chi connectivity index (χ3n) is 3.48. The lowest BCUT2D eigenvalue weighted by Crippen LogP contribution is -2.41. The van der Waals surface area contributed by atoms with Crippen LogP contribution in [0.2, 0.25) is 0 Å². The number of anilines is 2. The van der Waals surface area contributed by atoms with Gasteiger partial charge in [0.2, 0.25) is 0 Å². The van der Waals surface area contributed by atoms with Crippen LogP contribution in [0.15, 0.2) is 18.2 Å². The summed E-state index contributed by atoms with van der Waals surface area (Å²) in [6, 6.07) is 4.43. The van der Waals surface area contributed by atoms with Gasteiger partial charge >= 0.3 is 0 Å². The Kier molecular flexibility index (Phi) is 3.89. The molecule has 1 fully saturated rings. The summed E-state index contributed by atoms with van der Waals surface area (Å²) in [5.41, 5.74) is 12.6. The van der Waals surface area contributed by atoms with Crippen LogP contribution in [0.1, 0.15) is 23.7 Å². The Balaban J connectivity index is 2.25. The Morgan fingerprint density at radius 1 is 1.30 bits per heavy atom. The summed E-state index contributed by atoms with van der Waals surface area (Å²) in [4.78, 5) is 14.1. The van der Waals surface area contributed by atoms with E-state index in [-0.39, 0.29) is 23.5 Å². The Morgan fingerprint density at radius 2 is 1.90 bits per heavy atom. The highest BCUT2D eigenvalue weighted by Gasteiger charge is 2.34. The van der Waals surface area contributed by atoms with E-state index < -0.39 is 9.84 Å². The van der Waals surface area contributed by atoms with Crippen molar-refractivity contribution in [3.05, 3.63) is 23.8 Å². The third kappa shape index (κ3) is 3.04. The molecule has 1 atom stereocenters. The van der Waals surface area contributed by atoms with Crippen molar-refractivity contribution < 1.29 is 13.2 Å². The minimum absolute atomic E-state index is 0.0321. The molecule has 0 spiro atoms. The molecule has 110 valence electrons. The maximum Gasteiger partial charge on any atom is 0.254 e. The highest BCUT2D eigenvalue weighted by Crippen LogP contribution is 2.21. The van der Waals surface area contributed by atoms with Gasteiger partial charge in [-0.25, -0.2) is 8.42 Å². The molecule has 0 bridgehead atoms. The van der Waals surface area contributed by atoms with Crippen LogP contribution >= 0.6 is 0 Å². The van der Waals surface area contributed by atoms with Crippen LogP contribution in [0.5, 0.6) is 0 Å². The van der Waals surface area contributed by atoms with Crippen LogP contribution in [0.25, 0.3) is 0 Å². The second kappa shape index (κ2) is 5.32. The molecular weight excluding hydrogens is 278 g/mol. The second-order valence-electron chi connectivity index (χ2n) is 5.04. The number of hydrogen-bond acceptors (Lipinski definition) is 5. The molecule has 1 heterocycles. The first kappa shape index (κ1) is 14.6. The predicted molar refractivity (Wildman–Crippen MR) is 79.0 cm³/mol. The number of carbonyl (C=O) groups is 1. The summed E-state index contributed by atoms with van der Waals surface area (Å²) in [5.74, 6) is -0.0566. The fourth-order valence-corrected chi connectivity index (χ4v) is 4.29. The zero-order valence-corrected chi connectivity index (χ0v) is 12.2. The van der Waals surface area contributed by atoms with Crippen molar-refractivity contribution >= 4 is 27.1 Å². The van der Waals surface area contributed by atoms with Crippen molar-refractivity contribution in [2.24, 2.45) is 0 Å². The quantitative estimate of drug-likeness (QED) is 0.790. The monoisotopic (exact) mass is 297 g/mol. The van der Waals surface area contributed by atoms with Gasteiger partial charge in [-0.3, -0.25) is 4.79 Å². The average molecular weight is 297 g/mol. The van der Waals surface area contributed by atoms with Crippen molar-refractivity contribution in [3.63, 3.8) is 0 Å². The SMILES string of the molecule is CCN(C(=O)c1cc(N)cc(N)c1)C1CCS(=O)(=O)C1. The summed E-state index contributed by atoms with van der Waals surface area (Å²) in [6.07, 6.45) is 0.486. The Labute approximate surface area is 118 Å². The van der Waals surface area contributed by atoms with Crippen molar-refractivity contribution in [3.8, 4) is 0 Å². The van der Waals surface area contributed by atoms with Crippen LogP contribution in [0, 0.1) is 0 Å². The number of rotatable bonds is 3. The molecule has 1 aliphatic rings. The molecule has 1 saturated heterocycles. The molecule has 1 aliphatic heterocycles. The van der Waals surface area contributed by atoms with Crippen LogP contribution in [-0.4, -0.2) is 43.3 Å². The Hall–Kier alpha value is -1.76. The molecule has 0 radical (unpaired) electrons. The number of carbonyl (C=O) groups excluding carboxylic acids is 1. The number of sulfone groups is 1. The lowest BCUT2D eigenvalue weighted by Gasteiger charge is -2.27. The van der Waals surface area contributed by atoms with Gasteiger partial charge in [0.25, 0.3) is 5.91 Å². The normalized spacial score (nSPS) is 20.8. The first-order valence-corrected chi connectivity index (χ1v) is 8.32. The van der Waals surface area contributed by atoms with Gasteiger partial charge in [-0.15, -0.1) is 0 Å². The highest BCUT2D eigenvalue weighted by molar-refractivity contribution is 7.91. The van der Waals surface area contributed by atoms with Crippen molar-refractivity contribution in [2.45, 2.75) is 19.4 Å². The number of amides is 1. The van der Waals surface area contributed by atoms with Gasteiger partial charge in [-0.1, -0.05) is 0 Å². The molecule has 1 amide bonds. The number of nitrogens with zero attached hydrogens (tertiary/aromatic N) is 1. The first-order valence-electron chi connectivity index (χ1n) is 6.50. The minimum atomic E-state index is -3.03. The highest BCUT2D eigenvalue weighted by atomic mass is 32.2. The van der Waals surface area contributed by atoms with Gasteiger partial charge in [0.15, 0.2) is 9.84 Å². The van der Waals surface area contributed by atoms with E-state index in [0.29, 0.717) is 29.9 Å². The molecule has 1 aromatic carbocycles. The van der Waals surface area contributed by atoms with Crippen LogP contribution in [0.4, 0.5) is 11.4 Å². The van der Waals surface area contributed by atoms with E-state index in [1.165, 1.54) is 0 Å². The molecule has 2 rings (SSSR count). The van der Waals surface area contributed by atoms with Crippen molar-refractivity contribution in [2.75, 3.05) is 29.5 Å². The molecule has 0 aliphatic carbocycles. The molecule has 4 N–H and O–H groups in total. The Morgan fingerprint density at radius 3 is 2.35 bits per heavy atom.